The summed E-state index contributed by atoms with van der Waals surface area (Å²) in [6, 6.07) is 6.59. The van der Waals surface area contributed by atoms with Crippen LogP contribution in [-0.2, 0) is 6.42 Å². The van der Waals surface area contributed by atoms with E-state index in [1.807, 2.05) is 26.0 Å². The molecule has 1 atom stereocenters. The van der Waals surface area contributed by atoms with Gasteiger partial charge in [-0.3, -0.25) is 0 Å². The molecule has 0 aliphatic rings. The van der Waals surface area contributed by atoms with Crippen LogP contribution in [0.25, 0.3) is 0 Å². The molecule has 1 aromatic heterocycles. The maximum Gasteiger partial charge on any atom is 0.103 e. The fraction of sp³-hybridized carbons (Fsp3) is 0.615. The fourth-order valence-electron chi connectivity index (χ4n) is 1.38. The zero-order valence-corrected chi connectivity index (χ0v) is 10.3. The Hall–Kier alpha value is -1.27. The van der Waals surface area contributed by atoms with Crippen molar-refractivity contribution in [2.45, 2.75) is 39.7 Å². The maximum atomic E-state index is 8.88. The number of hydrogen-bond donors (Lipinski definition) is 1. The average molecular weight is 220 g/mol. The predicted octanol–water partition coefficient (Wildman–Crippen LogP) is 2.74. The molecule has 1 heterocycles. The number of aryl methyl sites for hydroxylation is 1. The maximum absolute atomic E-state index is 8.88. The number of furan rings is 1. The third-order valence-corrected chi connectivity index (χ3v) is 2.60. The van der Waals surface area contributed by atoms with Gasteiger partial charge in [0, 0.05) is 19.0 Å². The van der Waals surface area contributed by atoms with Crippen LogP contribution >= 0.6 is 0 Å². The lowest BCUT2D eigenvalue weighted by Gasteiger charge is -2.20. The standard InChI is InChI=1S/C13H20N2O/c1-11(15-10-13(2,3)9-14)6-7-12-5-4-8-16-12/h4-5,8,11,15H,6-7,10H2,1-3H3. The van der Waals surface area contributed by atoms with Crippen LogP contribution in [0.4, 0.5) is 0 Å². The number of nitrogens with one attached hydrogen (secondary N) is 1. The molecule has 0 aromatic carbocycles. The summed E-state index contributed by atoms with van der Waals surface area (Å²) in [5.41, 5.74) is -0.293. The highest BCUT2D eigenvalue weighted by Crippen LogP contribution is 2.12. The summed E-state index contributed by atoms with van der Waals surface area (Å²) >= 11 is 0. The lowest BCUT2D eigenvalue weighted by atomic mass is 9.95. The first kappa shape index (κ1) is 12.8. The van der Waals surface area contributed by atoms with Gasteiger partial charge in [0.25, 0.3) is 0 Å². The van der Waals surface area contributed by atoms with Crippen molar-refractivity contribution in [1.82, 2.24) is 5.32 Å². The molecule has 0 aliphatic carbocycles. The Bertz CT molecular complexity index is 335. The highest BCUT2D eigenvalue weighted by atomic mass is 16.3. The average Bonchev–Trinajstić information content (AvgIpc) is 2.76. The Morgan fingerprint density at radius 1 is 1.56 bits per heavy atom. The summed E-state index contributed by atoms with van der Waals surface area (Å²) in [4.78, 5) is 0. The molecule has 0 bridgehead atoms. The third kappa shape index (κ3) is 4.50. The molecule has 0 aliphatic heterocycles. The Balaban J connectivity index is 2.22. The van der Waals surface area contributed by atoms with Gasteiger partial charge in [0.1, 0.15) is 5.76 Å². The molecule has 1 unspecified atom stereocenters. The van der Waals surface area contributed by atoms with Crippen molar-refractivity contribution in [3.05, 3.63) is 24.2 Å². The second-order valence-electron chi connectivity index (χ2n) is 4.90. The van der Waals surface area contributed by atoms with Gasteiger partial charge in [-0.05, 0) is 39.3 Å². The fourth-order valence-corrected chi connectivity index (χ4v) is 1.38. The van der Waals surface area contributed by atoms with Crippen LogP contribution in [0, 0.1) is 16.7 Å². The van der Waals surface area contributed by atoms with Crippen LogP contribution in [0.15, 0.2) is 22.8 Å². The first-order valence-electron chi connectivity index (χ1n) is 5.70. The van der Waals surface area contributed by atoms with E-state index in [0.29, 0.717) is 6.04 Å². The molecule has 0 saturated heterocycles. The molecule has 3 heteroatoms. The number of rotatable bonds is 6. The molecule has 1 rings (SSSR count). The summed E-state index contributed by atoms with van der Waals surface area (Å²) in [6.45, 7) is 6.75. The van der Waals surface area contributed by atoms with E-state index >= 15 is 0 Å². The summed E-state index contributed by atoms with van der Waals surface area (Å²) in [6.07, 6.45) is 3.66. The second-order valence-corrected chi connectivity index (χ2v) is 4.90. The molecule has 0 spiro atoms. The van der Waals surface area contributed by atoms with E-state index in [1.165, 1.54) is 0 Å². The summed E-state index contributed by atoms with van der Waals surface area (Å²) in [7, 11) is 0. The van der Waals surface area contributed by atoms with Crippen molar-refractivity contribution >= 4 is 0 Å². The normalized spacial score (nSPS) is 13.4. The summed E-state index contributed by atoms with van der Waals surface area (Å²) in [5.74, 6) is 1.02. The van der Waals surface area contributed by atoms with Crippen LogP contribution in [-0.4, -0.2) is 12.6 Å². The smallest absolute Gasteiger partial charge is 0.103 e. The lowest BCUT2D eigenvalue weighted by molar-refractivity contribution is 0.392. The van der Waals surface area contributed by atoms with Crippen molar-refractivity contribution in [1.29, 1.82) is 5.26 Å². The van der Waals surface area contributed by atoms with E-state index < -0.39 is 0 Å². The molecule has 16 heavy (non-hydrogen) atoms. The van der Waals surface area contributed by atoms with Crippen molar-refractivity contribution < 1.29 is 4.42 Å². The van der Waals surface area contributed by atoms with Crippen LogP contribution < -0.4 is 5.32 Å². The zero-order valence-electron chi connectivity index (χ0n) is 10.3. The minimum Gasteiger partial charge on any atom is -0.469 e. The van der Waals surface area contributed by atoms with Gasteiger partial charge in [-0.15, -0.1) is 0 Å². The van der Waals surface area contributed by atoms with Crippen molar-refractivity contribution in [2.75, 3.05) is 6.54 Å². The molecule has 1 aromatic rings. The van der Waals surface area contributed by atoms with Gasteiger partial charge in [-0.2, -0.15) is 5.26 Å². The van der Waals surface area contributed by atoms with E-state index in [0.717, 1.165) is 25.1 Å². The first-order chi connectivity index (χ1) is 7.53. The molecular formula is C13H20N2O. The van der Waals surface area contributed by atoms with Gasteiger partial charge in [-0.25, -0.2) is 0 Å². The largest absolute Gasteiger partial charge is 0.469 e. The van der Waals surface area contributed by atoms with Gasteiger partial charge >= 0.3 is 0 Å². The minimum absolute atomic E-state index is 0.293. The minimum atomic E-state index is -0.293. The number of nitrogens with zero attached hydrogens (tertiary/aromatic N) is 1. The van der Waals surface area contributed by atoms with E-state index in [2.05, 4.69) is 18.3 Å². The molecular weight excluding hydrogens is 200 g/mol. The van der Waals surface area contributed by atoms with E-state index in [-0.39, 0.29) is 5.41 Å². The summed E-state index contributed by atoms with van der Waals surface area (Å²) in [5, 5.41) is 12.3. The van der Waals surface area contributed by atoms with Gasteiger partial charge in [-0.1, -0.05) is 0 Å². The van der Waals surface area contributed by atoms with Crippen molar-refractivity contribution in [3.63, 3.8) is 0 Å². The molecule has 88 valence electrons. The van der Waals surface area contributed by atoms with Crippen molar-refractivity contribution in [3.8, 4) is 6.07 Å². The number of hydrogen-bond acceptors (Lipinski definition) is 3. The van der Waals surface area contributed by atoms with Crippen LogP contribution in [0.2, 0.25) is 0 Å². The SMILES string of the molecule is CC(CCc1ccco1)NCC(C)(C)C#N. The zero-order chi connectivity index (χ0) is 12.0. The molecule has 3 nitrogen and oxygen atoms in total. The highest BCUT2D eigenvalue weighted by Gasteiger charge is 2.17. The van der Waals surface area contributed by atoms with E-state index in [1.54, 1.807) is 6.26 Å². The van der Waals surface area contributed by atoms with Crippen LogP contribution in [0.5, 0.6) is 0 Å². The molecule has 1 N–H and O–H groups in total. The Morgan fingerprint density at radius 2 is 2.31 bits per heavy atom. The molecule has 0 fully saturated rings. The van der Waals surface area contributed by atoms with Crippen LogP contribution in [0.1, 0.15) is 33.0 Å². The first-order valence-corrected chi connectivity index (χ1v) is 5.70. The van der Waals surface area contributed by atoms with Gasteiger partial charge in [0.15, 0.2) is 0 Å². The Morgan fingerprint density at radius 3 is 2.88 bits per heavy atom. The van der Waals surface area contributed by atoms with E-state index in [9.17, 15) is 0 Å². The third-order valence-electron chi connectivity index (χ3n) is 2.60. The van der Waals surface area contributed by atoms with Gasteiger partial charge in [0.2, 0.25) is 0 Å². The molecule has 0 radical (unpaired) electrons. The Labute approximate surface area is 97.5 Å². The highest BCUT2D eigenvalue weighted by molar-refractivity contribution is 4.98. The molecule has 0 amide bonds. The Kier molecular flexibility index (Phi) is 4.57. The lowest BCUT2D eigenvalue weighted by Crippen LogP contribution is -2.34. The van der Waals surface area contributed by atoms with Crippen LogP contribution in [0.3, 0.4) is 0 Å². The van der Waals surface area contributed by atoms with Gasteiger partial charge < -0.3 is 9.73 Å². The predicted molar refractivity (Wildman–Crippen MR) is 63.9 cm³/mol. The van der Waals surface area contributed by atoms with Crippen molar-refractivity contribution in [2.24, 2.45) is 5.41 Å². The quantitative estimate of drug-likeness (QED) is 0.802. The second kappa shape index (κ2) is 5.72. The van der Waals surface area contributed by atoms with E-state index in [4.69, 9.17) is 9.68 Å². The topological polar surface area (TPSA) is 49.0 Å². The summed E-state index contributed by atoms with van der Waals surface area (Å²) < 4.78 is 5.27. The number of nitriles is 1. The molecule has 0 saturated carbocycles. The van der Waals surface area contributed by atoms with Gasteiger partial charge in [0.05, 0.1) is 17.7 Å². The monoisotopic (exact) mass is 220 g/mol.